The predicted octanol–water partition coefficient (Wildman–Crippen LogP) is 8.39. The van der Waals surface area contributed by atoms with E-state index in [0.29, 0.717) is 28.2 Å². The van der Waals surface area contributed by atoms with Gasteiger partial charge >= 0.3 is 21.3 Å². The number of benzene rings is 3. The van der Waals surface area contributed by atoms with Gasteiger partial charge in [0, 0.05) is 37.5 Å². The maximum absolute atomic E-state index is 15.8. The number of fused-ring (bicyclic) bond motifs is 2. The van der Waals surface area contributed by atoms with Gasteiger partial charge in [0.15, 0.2) is 22.6 Å². The number of anilines is 3. The Kier molecular flexibility index (Phi) is 24.8. The van der Waals surface area contributed by atoms with E-state index in [0.717, 1.165) is 0 Å². The molecule has 3 aromatic carbocycles. The van der Waals surface area contributed by atoms with Crippen LogP contribution in [-0.2, 0) is 69.9 Å². The van der Waals surface area contributed by atoms with Gasteiger partial charge in [0.05, 0.1) is 110 Å². The first-order valence-corrected chi connectivity index (χ1v) is 36.8. The molecule has 12 atom stereocenters. The number of aromatic amines is 1. The summed E-state index contributed by atoms with van der Waals surface area (Å²) in [5, 5.41) is 29.1. The third-order valence-electron chi connectivity index (χ3n) is 16.9. The highest BCUT2D eigenvalue weighted by atomic mass is 31.2. The first-order valence-electron chi connectivity index (χ1n) is 32.8. The third kappa shape index (κ3) is 17.4. The summed E-state index contributed by atoms with van der Waals surface area (Å²) in [6, 6.07) is 31.2. The van der Waals surface area contributed by atoms with Crippen molar-refractivity contribution in [1.82, 2.24) is 53.3 Å². The van der Waals surface area contributed by atoms with Crippen LogP contribution in [-0.4, -0.2) is 156 Å². The summed E-state index contributed by atoms with van der Waals surface area (Å²) in [6.45, 7) is 5.25. The van der Waals surface area contributed by atoms with E-state index in [2.05, 4.69) is 41.0 Å². The molecule has 0 amide bonds. The average molecular weight is 1480 g/mol. The van der Waals surface area contributed by atoms with E-state index in [1.807, 2.05) is 99.1 Å². The largest absolute Gasteiger partial charge is 0.497 e. The number of nitriles is 3. The van der Waals surface area contributed by atoms with Crippen molar-refractivity contribution in [3.05, 3.63) is 148 Å². The number of rotatable bonds is 35. The number of imidazole rings is 2. The number of nitrogens with two attached hydrogens (primary N) is 3. The number of aromatic nitrogens is 10. The monoisotopic (exact) mass is 1480 g/mol. The van der Waals surface area contributed by atoms with Crippen molar-refractivity contribution in [1.29, 1.82) is 15.8 Å². The number of ether oxygens (including phenoxy) is 6. The van der Waals surface area contributed by atoms with E-state index in [9.17, 15) is 25.4 Å². The van der Waals surface area contributed by atoms with Gasteiger partial charge < -0.3 is 54.7 Å². The van der Waals surface area contributed by atoms with Crippen molar-refractivity contribution in [2.75, 3.05) is 71.1 Å². The highest BCUT2D eigenvalue weighted by molar-refractivity contribution is 7.48. The molecule has 7 N–H and O–H groups in total. The number of hydrogen-bond donors (Lipinski definition) is 4. The molecule has 8 aromatic rings. The van der Waals surface area contributed by atoms with Crippen LogP contribution in [0.25, 0.3) is 22.3 Å². The second-order valence-electron chi connectivity index (χ2n) is 24.3. The molecule has 0 aliphatic carbocycles. The first-order chi connectivity index (χ1) is 49.7. The van der Waals surface area contributed by atoms with Gasteiger partial charge in [-0.1, -0.05) is 54.6 Å². The van der Waals surface area contributed by atoms with Crippen LogP contribution >= 0.6 is 24.2 Å². The Labute approximate surface area is 592 Å². The summed E-state index contributed by atoms with van der Waals surface area (Å²) in [5.41, 5.74) is 17.9. The van der Waals surface area contributed by atoms with Gasteiger partial charge in [0.2, 0.25) is 5.95 Å². The van der Waals surface area contributed by atoms with E-state index in [4.69, 9.17) is 81.8 Å². The van der Waals surface area contributed by atoms with Crippen molar-refractivity contribution in [3.63, 3.8) is 0 Å². The molecule has 0 radical (unpaired) electrons. The highest BCUT2D eigenvalue weighted by Gasteiger charge is 2.50. The van der Waals surface area contributed by atoms with E-state index >= 15 is 9.13 Å². The Morgan fingerprint density at radius 2 is 1.13 bits per heavy atom. The number of nitrogen functional groups attached to an aromatic ring is 3. The normalized spacial score (nSPS) is 22.1. The van der Waals surface area contributed by atoms with E-state index in [1.54, 1.807) is 38.5 Å². The number of phosphoric ester groups is 2. The molecule has 5 aromatic heterocycles. The summed E-state index contributed by atoms with van der Waals surface area (Å²) in [7, 11) is -8.85. The van der Waals surface area contributed by atoms with Gasteiger partial charge in [-0.15, -0.1) is 0 Å². The molecule has 0 spiro atoms. The highest BCUT2D eigenvalue weighted by Crippen LogP contribution is 2.58. The fraction of sp³-hybridized carbons (Fsp3) is 0.462. The molecule has 3 aliphatic rings. The second-order valence-corrected chi connectivity index (χ2v) is 28.9. The zero-order valence-corrected chi connectivity index (χ0v) is 59.6. The van der Waals surface area contributed by atoms with Crippen LogP contribution in [0.2, 0.25) is 0 Å². The summed E-state index contributed by atoms with van der Waals surface area (Å²) in [5.74, 6) is 0.960. The summed E-state index contributed by atoms with van der Waals surface area (Å²) >= 11 is 0. The Hall–Kier alpha value is -8.72. The van der Waals surface area contributed by atoms with Gasteiger partial charge in [0.1, 0.15) is 84.0 Å². The van der Waals surface area contributed by atoms with Crippen LogP contribution in [0, 0.1) is 34.0 Å². The number of nitrogens with one attached hydrogen (secondary N) is 1. The van der Waals surface area contributed by atoms with Gasteiger partial charge in [-0.25, -0.2) is 38.5 Å². The minimum atomic E-state index is -5.02. The SMILES string of the molecule is COc1ccc(C(OC[C@H]2O[C@@H](n3ccc(N)nc3=O)C[C@@H]2OP(=O)(OCCC#N)OC[C@H]2O[C@@H](n3cnc4c(N)ncnc43)C[C@@H]2OP(=O)(OCCC#N)OC[C@H]2O[C@@H](n3cnc4c(=O)[nH]c(N)nc43)C[C@@H]2OP(OCCC#N)N(C(C)C)C(C)C)(c2ccccc2)c2ccc(OC)cc2)cc1. The zero-order valence-electron chi connectivity index (χ0n) is 57.0. The second kappa shape index (κ2) is 33.8. The van der Waals surface area contributed by atoms with Crippen LogP contribution in [0.3, 0.4) is 0 Å². The van der Waals surface area contributed by atoms with Crippen molar-refractivity contribution >= 4 is 64.1 Å². The summed E-state index contributed by atoms with van der Waals surface area (Å²) in [4.78, 5) is 54.6. The van der Waals surface area contributed by atoms with Gasteiger partial charge in [-0.2, -0.15) is 25.8 Å². The Morgan fingerprint density at radius 1 is 0.621 bits per heavy atom. The van der Waals surface area contributed by atoms with E-state index in [1.165, 1.54) is 44.9 Å². The molecule has 3 aliphatic heterocycles. The summed E-state index contributed by atoms with van der Waals surface area (Å²) in [6.07, 6.45) is -6.14. The van der Waals surface area contributed by atoms with Crippen LogP contribution in [0.4, 0.5) is 17.6 Å². The Balaban J connectivity index is 0.922. The topological polar surface area (TPSA) is 458 Å². The molecule has 546 valence electrons. The van der Waals surface area contributed by atoms with Crippen LogP contribution < -0.4 is 37.9 Å². The number of nitrogens with zero attached hydrogens (tertiary/aromatic N) is 13. The van der Waals surface area contributed by atoms with Crippen molar-refractivity contribution in [2.45, 2.75) is 139 Å². The minimum Gasteiger partial charge on any atom is -0.497 e. The molecule has 35 nitrogen and oxygen atoms in total. The maximum Gasteiger partial charge on any atom is 0.475 e. The molecule has 3 unspecified atom stereocenters. The zero-order chi connectivity index (χ0) is 73.0. The van der Waals surface area contributed by atoms with Gasteiger partial charge in [-0.05, 0) is 74.7 Å². The number of phosphoric acid groups is 2. The molecule has 38 heteroatoms. The molecular weight excluding hydrogens is 1400 g/mol. The lowest BCUT2D eigenvalue weighted by Crippen LogP contribution is -2.38. The van der Waals surface area contributed by atoms with Crippen LogP contribution in [0.15, 0.2) is 120 Å². The molecule has 11 rings (SSSR count). The lowest BCUT2D eigenvalue weighted by atomic mass is 9.80. The van der Waals surface area contributed by atoms with E-state index in [-0.39, 0.29) is 104 Å². The lowest BCUT2D eigenvalue weighted by Gasteiger charge is -2.37. The number of hydrogen-bond acceptors (Lipinski definition) is 31. The van der Waals surface area contributed by atoms with Gasteiger partial charge in [-0.3, -0.25) is 50.6 Å². The van der Waals surface area contributed by atoms with Gasteiger partial charge in [0.25, 0.3) is 14.1 Å². The minimum absolute atomic E-state index is 0.0199. The predicted molar refractivity (Wildman–Crippen MR) is 368 cm³/mol. The Bertz CT molecular complexity index is 4500. The smallest absolute Gasteiger partial charge is 0.475 e. The third-order valence-corrected chi connectivity index (χ3v) is 22.1. The standard InChI is InChI=1S/C65H78N17O18P3/c1-40(2)82(41(3)4)101(90-28-10-24-66)98-47-31-55(81-39-75-58-61(81)77-63(71)78-62(58)83)96-51(47)35-93-102(85,91-29-11-25-67)100-49-33-56(80-38-74-57-59(70)72-37-73-60(57)80)97-52(49)36-94-103(86,92-30-12-26-68)99-48-32-54(79-27-23-53(69)76-64(79)84)95-50(48)34-89-65(42-13-8-7-9-14-42,43-15-19-45(87-5)20-16-43)44-17-21-46(88-6)22-18-44/h7-9,13-23,27,37-41,47-52,54-56H,10-12,28-36H2,1-6H3,(H2,69,76,84)(H2,70,72,73)(H3,71,77,78,83)/t47-,48-,49-,50+,51+,52+,54+,55+,56+,101?,102?,103?/m0/s1. The Morgan fingerprint density at radius 3 is 1.67 bits per heavy atom. The first kappa shape index (κ1) is 75.4. The number of H-pyrrole nitrogens is 1. The molecule has 8 heterocycles. The van der Waals surface area contributed by atoms with E-state index < -0.39 is 123 Å². The molecular formula is C65H78N17O18P3. The molecule has 3 fully saturated rings. The molecule has 103 heavy (non-hydrogen) atoms. The van der Waals surface area contributed by atoms with Crippen molar-refractivity contribution in [3.8, 4) is 29.7 Å². The maximum atomic E-state index is 15.8. The fourth-order valence-electron chi connectivity index (χ4n) is 12.2. The quantitative estimate of drug-likeness (QED) is 0.0164. The van der Waals surface area contributed by atoms with Crippen LogP contribution in [0.5, 0.6) is 11.5 Å². The molecule has 3 saturated heterocycles. The molecule has 0 saturated carbocycles. The molecule has 0 bridgehead atoms. The average Bonchev–Trinajstić information content (AvgIpc) is 1.54. The number of methoxy groups -OCH3 is 2. The van der Waals surface area contributed by atoms with Crippen LogP contribution in [0.1, 0.15) is 102 Å². The fourth-order valence-corrected chi connectivity index (χ4v) is 16.8. The lowest BCUT2D eigenvalue weighted by molar-refractivity contribution is -0.0960. The summed E-state index contributed by atoms with van der Waals surface area (Å²) < 4.78 is 127. The van der Waals surface area contributed by atoms with Crippen molar-refractivity contribution < 1.29 is 73.7 Å². The van der Waals surface area contributed by atoms with Crippen molar-refractivity contribution in [2.24, 2.45) is 0 Å².